The summed E-state index contributed by atoms with van der Waals surface area (Å²) in [6.45, 7) is 1.45. The van der Waals surface area contributed by atoms with E-state index in [1.165, 1.54) is 36.1 Å². The first-order chi connectivity index (χ1) is 12.3. The van der Waals surface area contributed by atoms with Gasteiger partial charge in [0.2, 0.25) is 0 Å². The van der Waals surface area contributed by atoms with Crippen LogP contribution in [0.15, 0.2) is 47.6 Å². The number of rotatable bonds is 5. The Bertz CT molecular complexity index is 1070. The van der Waals surface area contributed by atoms with E-state index in [9.17, 15) is 18.5 Å². The third kappa shape index (κ3) is 3.48. The minimum atomic E-state index is -4.06. The van der Waals surface area contributed by atoms with Gasteiger partial charge in [-0.15, -0.1) is 5.10 Å². The van der Waals surface area contributed by atoms with Crippen LogP contribution in [-0.2, 0) is 10.0 Å². The highest BCUT2D eigenvalue weighted by Gasteiger charge is 2.22. The van der Waals surface area contributed by atoms with Crippen molar-refractivity contribution in [3.05, 3.63) is 63.4 Å². The monoisotopic (exact) mass is 394 g/mol. The van der Waals surface area contributed by atoms with Crippen LogP contribution in [0.1, 0.15) is 5.56 Å². The molecule has 0 saturated heterocycles. The maximum atomic E-state index is 12.5. The smallest absolute Gasteiger partial charge is 0.275 e. The molecule has 0 bridgehead atoms. The summed E-state index contributed by atoms with van der Waals surface area (Å²) in [5.41, 5.74) is 0.724. The molecule has 1 heterocycles. The van der Waals surface area contributed by atoms with Gasteiger partial charge in [-0.25, -0.2) is 13.1 Å². The zero-order chi connectivity index (χ0) is 18.9. The Kier molecular flexibility index (Phi) is 4.57. The van der Waals surface area contributed by atoms with E-state index in [2.05, 4.69) is 20.2 Å². The zero-order valence-corrected chi connectivity index (χ0v) is 14.8. The second-order valence-electron chi connectivity index (χ2n) is 5.21. The Hall–Kier alpha value is -3.05. The van der Waals surface area contributed by atoms with Crippen LogP contribution in [0.3, 0.4) is 0 Å². The lowest BCUT2D eigenvalue weighted by molar-refractivity contribution is -0.385. The molecule has 0 atom stereocenters. The van der Waals surface area contributed by atoms with E-state index in [4.69, 9.17) is 11.6 Å². The third-order valence-electron chi connectivity index (χ3n) is 3.53. The molecule has 3 rings (SSSR count). The SMILES string of the molecule is Cc1c(Cl)cc(S(=O)(=O)Nc2ccc(-n3cnnn3)cc2)cc1[N+](=O)[O-]. The number of hydrogen-bond acceptors (Lipinski definition) is 7. The number of nitrogens with zero attached hydrogens (tertiary/aromatic N) is 5. The molecule has 0 amide bonds. The Morgan fingerprint density at radius 3 is 2.50 bits per heavy atom. The van der Waals surface area contributed by atoms with Crippen LogP contribution in [0.4, 0.5) is 11.4 Å². The number of halogens is 1. The van der Waals surface area contributed by atoms with E-state index in [-0.39, 0.29) is 26.9 Å². The van der Waals surface area contributed by atoms with E-state index in [0.29, 0.717) is 5.69 Å². The molecule has 0 unspecified atom stereocenters. The van der Waals surface area contributed by atoms with Gasteiger partial charge >= 0.3 is 0 Å². The van der Waals surface area contributed by atoms with E-state index in [0.717, 1.165) is 6.07 Å². The molecule has 0 fully saturated rings. The summed E-state index contributed by atoms with van der Waals surface area (Å²) in [6.07, 6.45) is 1.40. The van der Waals surface area contributed by atoms with Gasteiger partial charge < -0.3 is 0 Å². The van der Waals surface area contributed by atoms with Crippen molar-refractivity contribution in [1.29, 1.82) is 0 Å². The number of tetrazole rings is 1. The predicted molar refractivity (Wildman–Crippen MR) is 92.8 cm³/mol. The average Bonchev–Trinajstić information content (AvgIpc) is 3.11. The van der Waals surface area contributed by atoms with Crippen molar-refractivity contribution in [1.82, 2.24) is 20.2 Å². The van der Waals surface area contributed by atoms with Crippen molar-refractivity contribution in [3.63, 3.8) is 0 Å². The van der Waals surface area contributed by atoms with Gasteiger partial charge in [-0.1, -0.05) is 11.6 Å². The molecule has 0 aliphatic rings. The van der Waals surface area contributed by atoms with Crippen LogP contribution >= 0.6 is 11.6 Å². The summed E-state index contributed by atoms with van der Waals surface area (Å²) in [5.74, 6) is 0. The molecule has 0 radical (unpaired) electrons. The van der Waals surface area contributed by atoms with E-state index < -0.39 is 14.9 Å². The van der Waals surface area contributed by atoms with Crippen molar-refractivity contribution in [2.75, 3.05) is 4.72 Å². The predicted octanol–water partition coefficient (Wildman–Crippen LogP) is 2.33. The van der Waals surface area contributed by atoms with E-state index in [1.807, 2.05) is 0 Å². The van der Waals surface area contributed by atoms with E-state index in [1.54, 1.807) is 12.1 Å². The van der Waals surface area contributed by atoms with Crippen LogP contribution in [0.2, 0.25) is 5.02 Å². The fourth-order valence-corrected chi connectivity index (χ4v) is 3.54. The summed E-state index contributed by atoms with van der Waals surface area (Å²) in [5, 5.41) is 21.8. The molecular formula is C14H11ClN6O4S. The normalized spacial score (nSPS) is 11.3. The molecule has 0 aliphatic heterocycles. The molecule has 12 heteroatoms. The average molecular weight is 395 g/mol. The zero-order valence-electron chi connectivity index (χ0n) is 13.2. The van der Waals surface area contributed by atoms with Gasteiger partial charge in [0.15, 0.2) is 0 Å². The van der Waals surface area contributed by atoms with Crippen molar-refractivity contribution < 1.29 is 13.3 Å². The summed E-state index contributed by atoms with van der Waals surface area (Å²) in [7, 11) is -4.06. The fourth-order valence-electron chi connectivity index (χ4n) is 2.16. The van der Waals surface area contributed by atoms with Crippen molar-refractivity contribution in [2.45, 2.75) is 11.8 Å². The molecule has 1 N–H and O–H groups in total. The van der Waals surface area contributed by atoms with E-state index >= 15 is 0 Å². The second-order valence-corrected chi connectivity index (χ2v) is 7.30. The summed E-state index contributed by atoms with van der Waals surface area (Å²) >= 11 is 5.93. The number of nitro benzene ring substituents is 1. The highest BCUT2D eigenvalue weighted by Crippen LogP contribution is 2.30. The lowest BCUT2D eigenvalue weighted by Crippen LogP contribution is -2.13. The molecule has 1 aromatic heterocycles. The summed E-state index contributed by atoms with van der Waals surface area (Å²) in [4.78, 5) is 10.1. The number of anilines is 1. The Morgan fingerprint density at radius 2 is 1.92 bits per heavy atom. The number of nitro groups is 1. The lowest BCUT2D eigenvalue weighted by Gasteiger charge is -2.10. The number of benzene rings is 2. The van der Waals surface area contributed by atoms with Crippen LogP contribution in [0.25, 0.3) is 5.69 Å². The highest BCUT2D eigenvalue weighted by molar-refractivity contribution is 7.92. The maximum Gasteiger partial charge on any atom is 0.275 e. The number of nitrogens with one attached hydrogen (secondary N) is 1. The molecule has 2 aromatic carbocycles. The first kappa shape index (κ1) is 17.8. The first-order valence-corrected chi connectivity index (χ1v) is 8.95. The Labute approximate surface area is 152 Å². The highest BCUT2D eigenvalue weighted by atomic mass is 35.5. The standard InChI is InChI=1S/C14H11ClN6O4S/c1-9-13(15)6-12(7-14(9)21(22)23)26(24,25)17-10-2-4-11(5-3-10)20-8-16-18-19-20/h2-8,17H,1H3. The van der Waals surface area contributed by atoms with Crippen LogP contribution in [0, 0.1) is 17.0 Å². The largest absolute Gasteiger partial charge is 0.280 e. The summed E-state index contributed by atoms with van der Waals surface area (Å²) < 4.78 is 28.8. The molecule has 0 spiro atoms. The fraction of sp³-hybridized carbons (Fsp3) is 0.0714. The number of sulfonamides is 1. The van der Waals surface area contributed by atoms with Gasteiger partial charge in [0.05, 0.1) is 20.5 Å². The second kappa shape index (κ2) is 6.69. The van der Waals surface area contributed by atoms with Gasteiger partial charge in [-0.3, -0.25) is 14.8 Å². The molecule has 0 aliphatic carbocycles. The minimum Gasteiger partial charge on any atom is -0.280 e. The first-order valence-electron chi connectivity index (χ1n) is 7.09. The number of aromatic nitrogens is 4. The van der Waals surface area contributed by atoms with Crippen molar-refractivity contribution in [3.8, 4) is 5.69 Å². The van der Waals surface area contributed by atoms with Gasteiger partial charge in [0, 0.05) is 17.3 Å². The maximum absolute atomic E-state index is 12.5. The topological polar surface area (TPSA) is 133 Å². The van der Waals surface area contributed by atoms with Crippen LogP contribution in [0.5, 0.6) is 0 Å². The quantitative estimate of drug-likeness (QED) is 0.518. The minimum absolute atomic E-state index is 0.00592. The molecule has 10 nitrogen and oxygen atoms in total. The molecule has 3 aromatic rings. The van der Waals surface area contributed by atoms with Gasteiger partial charge in [-0.05, 0) is 47.7 Å². The molecule has 134 valence electrons. The van der Waals surface area contributed by atoms with Crippen LogP contribution in [-0.4, -0.2) is 33.5 Å². The van der Waals surface area contributed by atoms with Crippen molar-refractivity contribution in [2.24, 2.45) is 0 Å². The van der Waals surface area contributed by atoms with Gasteiger partial charge in [0.25, 0.3) is 15.7 Å². The lowest BCUT2D eigenvalue weighted by atomic mass is 10.2. The number of hydrogen-bond donors (Lipinski definition) is 1. The van der Waals surface area contributed by atoms with Gasteiger partial charge in [0.1, 0.15) is 6.33 Å². The Morgan fingerprint density at radius 1 is 1.23 bits per heavy atom. The molecule has 0 saturated carbocycles. The molecule has 26 heavy (non-hydrogen) atoms. The molecular weight excluding hydrogens is 384 g/mol. The van der Waals surface area contributed by atoms with Crippen LogP contribution < -0.4 is 4.72 Å². The van der Waals surface area contributed by atoms with Crippen molar-refractivity contribution >= 4 is 33.0 Å². The third-order valence-corrected chi connectivity index (χ3v) is 5.28. The Balaban J connectivity index is 1.91. The summed E-state index contributed by atoms with van der Waals surface area (Å²) in [6, 6.07) is 8.38. The van der Waals surface area contributed by atoms with Gasteiger partial charge in [-0.2, -0.15) is 0 Å².